The molecule has 0 unspecified atom stereocenters. The summed E-state index contributed by atoms with van der Waals surface area (Å²) >= 11 is 0. The maximum Gasteiger partial charge on any atom is 0.308 e. The summed E-state index contributed by atoms with van der Waals surface area (Å²) in [5, 5.41) is 9.16. The zero-order valence-corrected chi connectivity index (χ0v) is 10.5. The minimum Gasteiger partial charge on any atom is -0.481 e. The van der Waals surface area contributed by atoms with Crippen LogP contribution in [0.5, 0.6) is 0 Å². The van der Waals surface area contributed by atoms with E-state index in [1.807, 2.05) is 6.92 Å². The molecule has 1 fully saturated rings. The molecule has 4 nitrogen and oxygen atoms in total. The van der Waals surface area contributed by atoms with Gasteiger partial charge in [-0.1, -0.05) is 13.8 Å². The molecule has 0 aromatic rings. The van der Waals surface area contributed by atoms with E-state index in [2.05, 4.69) is 18.7 Å². The van der Waals surface area contributed by atoms with Gasteiger partial charge in [0.05, 0.1) is 12.5 Å². The molecule has 0 radical (unpaired) electrons. The summed E-state index contributed by atoms with van der Waals surface area (Å²) in [6, 6.07) is 0. The summed E-state index contributed by atoms with van der Waals surface area (Å²) < 4.78 is 5.30. The van der Waals surface area contributed by atoms with Crippen LogP contribution in [-0.4, -0.2) is 48.8 Å². The zero-order valence-electron chi connectivity index (χ0n) is 10.5. The first-order chi connectivity index (χ1) is 7.56. The first kappa shape index (κ1) is 13.5. The van der Waals surface area contributed by atoms with Crippen molar-refractivity contribution in [2.24, 2.45) is 17.8 Å². The fourth-order valence-electron chi connectivity index (χ4n) is 2.37. The molecule has 16 heavy (non-hydrogen) atoms. The molecule has 0 spiro atoms. The predicted molar refractivity (Wildman–Crippen MR) is 62.4 cm³/mol. The van der Waals surface area contributed by atoms with Crippen molar-refractivity contribution in [2.45, 2.75) is 20.8 Å². The van der Waals surface area contributed by atoms with Gasteiger partial charge in [0, 0.05) is 26.2 Å². The van der Waals surface area contributed by atoms with E-state index in [0.717, 1.165) is 19.7 Å². The van der Waals surface area contributed by atoms with Crippen molar-refractivity contribution < 1.29 is 14.6 Å². The number of likely N-dealkylation sites (tertiary alicyclic amines) is 1. The van der Waals surface area contributed by atoms with E-state index in [1.54, 1.807) is 0 Å². The number of rotatable bonds is 6. The summed E-state index contributed by atoms with van der Waals surface area (Å²) in [5.74, 6) is -0.156. The standard InChI is InChI=1S/C12H23NO3/c1-4-16-6-5-13-7-10(9(2)3)11(8-13)12(14)15/h9-11H,4-8H2,1-3H3,(H,14,15)/t10-,11+/m0/s1. The lowest BCUT2D eigenvalue weighted by molar-refractivity contribution is -0.143. The molecular weight excluding hydrogens is 206 g/mol. The highest BCUT2D eigenvalue weighted by Crippen LogP contribution is 2.29. The summed E-state index contributed by atoms with van der Waals surface area (Å²) in [4.78, 5) is 13.3. The van der Waals surface area contributed by atoms with E-state index in [9.17, 15) is 4.79 Å². The first-order valence-electron chi connectivity index (χ1n) is 6.09. The minimum atomic E-state index is -0.655. The van der Waals surface area contributed by atoms with Gasteiger partial charge in [-0.25, -0.2) is 0 Å². The van der Waals surface area contributed by atoms with Gasteiger partial charge in [-0.3, -0.25) is 9.69 Å². The summed E-state index contributed by atoms with van der Waals surface area (Å²) in [6.45, 7) is 10.0. The first-order valence-corrected chi connectivity index (χ1v) is 6.09. The third-order valence-electron chi connectivity index (χ3n) is 3.37. The second-order valence-corrected chi connectivity index (χ2v) is 4.81. The summed E-state index contributed by atoms with van der Waals surface area (Å²) in [7, 11) is 0. The highest BCUT2D eigenvalue weighted by molar-refractivity contribution is 5.71. The van der Waals surface area contributed by atoms with Crippen LogP contribution in [-0.2, 0) is 9.53 Å². The Kier molecular flexibility index (Phi) is 5.22. The average Bonchev–Trinajstić information content (AvgIpc) is 2.62. The molecule has 0 saturated carbocycles. The Hall–Kier alpha value is -0.610. The molecular formula is C12H23NO3. The molecule has 0 amide bonds. The Labute approximate surface area is 97.6 Å². The second kappa shape index (κ2) is 6.21. The van der Waals surface area contributed by atoms with Gasteiger partial charge in [-0.2, -0.15) is 0 Å². The molecule has 0 aromatic carbocycles. The van der Waals surface area contributed by atoms with E-state index in [-0.39, 0.29) is 11.8 Å². The SMILES string of the molecule is CCOCCN1C[C@@H](C(=O)O)[C@H](C(C)C)C1. The van der Waals surface area contributed by atoms with Crippen LogP contribution in [0, 0.1) is 17.8 Å². The molecule has 1 saturated heterocycles. The van der Waals surface area contributed by atoms with Gasteiger partial charge in [-0.05, 0) is 18.8 Å². The molecule has 4 heteroatoms. The van der Waals surface area contributed by atoms with Crippen LogP contribution in [0.25, 0.3) is 0 Å². The summed E-state index contributed by atoms with van der Waals surface area (Å²) in [6.07, 6.45) is 0. The van der Waals surface area contributed by atoms with Crippen LogP contribution < -0.4 is 0 Å². The molecule has 2 atom stereocenters. The third-order valence-corrected chi connectivity index (χ3v) is 3.37. The fraction of sp³-hybridized carbons (Fsp3) is 0.917. The van der Waals surface area contributed by atoms with Crippen molar-refractivity contribution in [3.05, 3.63) is 0 Å². The number of hydrogen-bond donors (Lipinski definition) is 1. The van der Waals surface area contributed by atoms with Gasteiger partial charge in [0.1, 0.15) is 0 Å². The molecule has 94 valence electrons. The number of carboxylic acid groups (broad SMARTS) is 1. The third kappa shape index (κ3) is 3.46. The number of carbonyl (C=O) groups is 1. The molecule has 1 N–H and O–H groups in total. The lowest BCUT2D eigenvalue weighted by Crippen LogP contribution is -2.26. The van der Waals surface area contributed by atoms with E-state index in [4.69, 9.17) is 9.84 Å². The topological polar surface area (TPSA) is 49.8 Å². The van der Waals surface area contributed by atoms with Gasteiger partial charge in [0.2, 0.25) is 0 Å². The van der Waals surface area contributed by atoms with Gasteiger partial charge in [-0.15, -0.1) is 0 Å². The van der Waals surface area contributed by atoms with Gasteiger partial charge >= 0.3 is 5.97 Å². The number of ether oxygens (including phenoxy) is 1. The van der Waals surface area contributed by atoms with E-state index < -0.39 is 5.97 Å². The lowest BCUT2D eigenvalue weighted by atomic mass is 9.86. The fourth-order valence-corrected chi connectivity index (χ4v) is 2.37. The van der Waals surface area contributed by atoms with Crippen LogP contribution in [0.15, 0.2) is 0 Å². The average molecular weight is 229 g/mol. The van der Waals surface area contributed by atoms with Gasteiger partial charge < -0.3 is 9.84 Å². The Bertz CT molecular complexity index is 230. The smallest absolute Gasteiger partial charge is 0.308 e. The predicted octanol–water partition coefficient (Wildman–Crippen LogP) is 1.31. The van der Waals surface area contributed by atoms with Crippen molar-refractivity contribution in [1.82, 2.24) is 4.90 Å². The normalized spacial score (nSPS) is 26.5. The number of aliphatic carboxylic acids is 1. The monoisotopic (exact) mass is 229 g/mol. The Morgan fingerprint density at radius 3 is 2.62 bits per heavy atom. The Morgan fingerprint density at radius 2 is 2.19 bits per heavy atom. The maximum absolute atomic E-state index is 11.1. The number of nitrogens with zero attached hydrogens (tertiary/aromatic N) is 1. The van der Waals surface area contributed by atoms with Gasteiger partial charge in [0.25, 0.3) is 0 Å². The quantitative estimate of drug-likeness (QED) is 0.698. The van der Waals surface area contributed by atoms with E-state index in [0.29, 0.717) is 19.1 Å². The highest BCUT2D eigenvalue weighted by Gasteiger charge is 2.38. The largest absolute Gasteiger partial charge is 0.481 e. The van der Waals surface area contributed by atoms with Crippen LogP contribution in [0.1, 0.15) is 20.8 Å². The molecule has 1 heterocycles. The van der Waals surface area contributed by atoms with Crippen molar-refractivity contribution in [3.8, 4) is 0 Å². The number of carboxylic acids is 1. The van der Waals surface area contributed by atoms with E-state index >= 15 is 0 Å². The molecule has 1 rings (SSSR count). The van der Waals surface area contributed by atoms with Crippen molar-refractivity contribution in [1.29, 1.82) is 0 Å². The Balaban J connectivity index is 2.45. The van der Waals surface area contributed by atoms with Crippen LogP contribution in [0.4, 0.5) is 0 Å². The lowest BCUT2D eigenvalue weighted by Gasteiger charge is -2.18. The van der Waals surface area contributed by atoms with Crippen molar-refractivity contribution in [2.75, 3.05) is 32.8 Å². The van der Waals surface area contributed by atoms with Crippen molar-refractivity contribution in [3.63, 3.8) is 0 Å². The molecule has 1 aliphatic heterocycles. The molecule has 0 bridgehead atoms. The highest BCUT2D eigenvalue weighted by atomic mass is 16.5. The van der Waals surface area contributed by atoms with Crippen LogP contribution in [0.2, 0.25) is 0 Å². The second-order valence-electron chi connectivity index (χ2n) is 4.81. The Morgan fingerprint density at radius 1 is 1.50 bits per heavy atom. The maximum atomic E-state index is 11.1. The molecule has 0 aromatic heterocycles. The van der Waals surface area contributed by atoms with Crippen LogP contribution >= 0.6 is 0 Å². The van der Waals surface area contributed by atoms with E-state index in [1.165, 1.54) is 0 Å². The minimum absolute atomic E-state index is 0.207. The van der Waals surface area contributed by atoms with Crippen molar-refractivity contribution >= 4 is 5.97 Å². The van der Waals surface area contributed by atoms with Gasteiger partial charge in [0.15, 0.2) is 0 Å². The van der Waals surface area contributed by atoms with Crippen LogP contribution in [0.3, 0.4) is 0 Å². The molecule has 1 aliphatic rings. The number of hydrogen-bond acceptors (Lipinski definition) is 3. The summed E-state index contributed by atoms with van der Waals surface area (Å²) in [5.41, 5.74) is 0. The molecule has 0 aliphatic carbocycles. The zero-order chi connectivity index (χ0) is 12.1.